The smallest absolute Gasteiger partial charge is 0.183 e. The molecule has 3 nitrogen and oxygen atoms in total. The van der Waals surface area contributed by atoms with Crippen molar-refractivity contribution in [2.45, 2.75) is 6.29 Å². The van der Waals surface area contributed by atoms with Crippen LogP contribution in [0.1, 0.15) is 11.9 Å². The van der Waals surface area contributed by atoms with Gasteiger partial charge in [-0.05, 0) is 28.1 Å². The summed E-state index contributed by atoms with van der Waals surface area (Å²) in [6, 6.07) is 3.71. The number of hydrogen-bond acceptors (Lipinski definition) is 3. The van der Waals surface area contributed by atoms with Gasteiger partial charge in [0.2, 0.25) is 0 Å². The van der Waals surface area contributed by atoms with E-state index in [0.717, 1.165) is 10.2 Å². The summed E-state index contributed by atoms with van der Waals surface area (Å²) in [4.78, 5) is 4.00. The van der Waals surface area contributed by atoms with E-state index in [2.05, 4.69) is 20.9 Å². The van der Waals surface area contributed by atoms with Crippen molar-refractivity contribution in [1.29, 1.82) is 0 Å². The van der Waals surface area contributed by atoms with Crippen LogP contribution in [0.15, 0.2) is 22.9 Å². The van der Waals surface area contributed by atoms with Gasteiger partial charge in [-0.15, -0.1) is 0 Å². The zero-order valence-electron chi connectivity index (χ0n) is 6.95. The maximum Gasteiger partial charge on any atom is 0.183 e. The molecular formula is C8H10BrNO2. The van der Waals surface area contributed by atoms with E-state index in [1.165, 1.54) is 0 Å². The number of hydrogen-bond donors (Lipinski definition) is 0. The minimum Gasteiger partial charge on any atom is -0.352 e. The molecule has 0 bridgehead atoms. The van der Waals surface area contributed by atoms with Crippen LogP contribution >= 0.6 is 15.9 Å². The van der Waals surface area contributed by atoms with E-state index < -0.39 is 0 Å². The molecule has 0 aromatic carbocycles. The SMILES string of the molecule is COC(OC)c1ccnc(Br)c1. The van der Waals surface area contributed by atoms with Crippen molar-refractivity contribution in [3.63, 3.8) is 0 Å². The Morgan fingerprint density at radius 3 is 2.58 bits per heavy atom. The minimum atomic E-state index is -0.315. The molecule has 0 unspecified atom stereocenters. The Balaban J connectivity index is 2.85. The topological polar surface area (TPSA) is 31.4 Å². The average molecular weight is 232 g/mol. The number of rotatable bonds is 3. The summed E-state index contributed by atoms with van der Waals surface area (Å²) < 4.78 is 10.9. The molecule has 0 atom stereocenters. The lowest BCUT2D eigenvalue weighted by molar-refractivity contribution is -0.106. The Kier molecular flexibility index (Phi) is 3.65. The molecule has 12 heavy (non-hydrogen) atoms. The summed E-state index contributed by atoms with van der Waals surface area (Å²) in [5, 5.41) is 0. The lowest BCUT2D eigenvalue weighted by atomic mass is 10.2. The summed E-state index contributed by atoms with van der Waals surface area (Å²) in [6.07, 6.45) is 1.38. The van der Waals surface area contributed by atoms with Crippen molar-refractivity contribution in [2.75, 3.05) is 14.2 Å². The second kappa shape index (κ2) is 4.54. The Morgan fingerprint density at radius 2 is 2.08 bits per heavy atom. The molecule has 4 heteroatoms. The van der Waals surface area contributed by atoms with Crippen molar-refractivity contribution < 1.29 is 9.47 Å². The fraction of sp³-hybridized carbons (Fsp3) is 0.375. The minimum absolute atomic E-state index is 0.315. The van der Waals surface area contributed by atoms with Gasteiger partial charge in [-0.1, -0.05) is 0 Å². The van der Waals surface area contributed by atoms with Gasteiger partial charge >= 0.3 is 0 Å². The fourth-order valence-electron chi connectivity index (χ4n) is 0.932. The van der Waals surface area contributed by atoms with Crippen LogP contribution in [-0.2, 0) is 9.47 Å². The van der Waals surface area contributed by atoms with Gasteiger partial charge in [0.15, 0.2) is 6.29 Å². The van der Waals surface area contributed by atoms with Crippen molar-refractivity contribution in [3.05, 3.63) is 28.5 Å². The molecule has 1 rings (SSSR count). The number of nitrogens with zero attached hydrogens (tertiary/aromatic N) is 1. The molecule has 1 aromatic rings. The van der Waals surface area contributed by atoms with Gasteiger partial charge in [0.1, 0.15) is 4.60 Å². The highest BCUT2D eigenvalue weighted by Crippen LogP contribution is 2.18. The standard InChI is InChI=1S/C8H10BrNO2/c1-11-8(12-2)6-3-4-10-7(9)5-6/h3-5,8H,1-2H3. The van der Waals surface area contributed by atoms with E-state index in [1.54, 1.807) is 20.4 Å². The van der Waals surface area contributed by atoms with Gasteiger partial charge in [0, 0.05) is 26.0 Å². The number of aromatic nitrogens is 1. The number of ether oxygens (including phenoxy) is 2. The van der Waals surface area contributed by atoms with Crippen molar-refractivity contribution in [1.82, 2.24) is 4.98 Å². The second-order valence-corrected chi connectivity index (χ2v) is 3.03. The number of pyridine rings is 1. The van der Waals surface area contributed by atoms with E-state index in [1.807, 2.05) is 12.1 Å². The first-order chi connectivity index (χ1) is 5.77. The van der Waals surface area contributed by atoms with E-state index >= 15 is 0 Å². The van der Waals surface area contributed by atoms with Gasteiger partial charge in [-0.2, -0.15) is 0 Å². The van der Waals surface area contributed by atoms with Crippen LogP contribution in [0.5, 0.6) is 0 Å². The first-order valence-electron chi connectivity index (χ1n) is 3.45. The molecule has 66 valence electrons. The summed E-state index contributed by atoms with van der Waals surface area (Å²) in [6.45, 7) is 0. The molecule has 0 N–H and O–H groups in total. The Labute approximate surface area is 79.8 Å². The van der Waals surface area contributed by atoms with Crippen LogP contribution in [-0.4, -0.2) is 19.2 Å². The molecule has 0 aliphatic rings. The highest BCUT2D eigenvalue weighted by molar-refractivity contribution is 9.10. The average Bonchev–Trinajstić information content (AvgIpc) is 2.07. The number of halogens is 1. The summed E-state index contributed by atoms with van der Waals surface area (Å²) in [5.74, 6) is 0. The maximum atomic E-state index is 5.07. The van der Waals surface area contributed by atoms with E-state index in [0.29, 0.717) is 0 Å². The van der Waals surface area contributed by atoms with Gasteiger partial charge in [-0.3, -0.25) is 0 Å². The third-order valence-electron chi connectivity index (χ3n) is 1.45. The molecule has 0 saturated heterocycles. The third kappa shape index (κ3) is 2.27. The zero-order valence-corrected chi connectivity index (χ0v) is 8.54. The first-order valence-corrected chi connectivity index (χ1v) is 4.24. The molecular weight excluding hydrogens is 222 g/mol. The van der Waals surface area contributed by atoms with Crippen molar-refractivity contribution in [3.8, 4) is 0 Å². The van der Waals surface area contributed by atoms with Crippen LogP contribution in [0.2, 0.25) is 0 Å². The lowest BCUT2D eigenvalue weighted by Gasteiger charge is -2.12. The Morgan fingerprint density at radius 1 is 1.42 bits per heavy atom. The fourth-order valence-corrected chi connectivity index (χ4v) is 1.31. The van der Waals surface area contributed by atoms with Crippen molar-refractivity contribution >= 4 is 15.9 Å². The molecule has 0 aliphatic heterocycles. The van der Waals surface area contributed by atoms with E-state index in [4.69, 9.17) is 9.47 Å². The second-order valence-electron chi connectivity index (χ2n) is 2.22. The molecule has 0 aliphatic carbocycles. The van der Waals surface area contributed by atoms with Crippen LogP contribution in [0.3, 0.4) is 0 Å². The van der Waals surface area contributed by atoms with E-state index in [-0.39, 0.29) is 6.29 Å². The number of methoxy groups -OCH3 is 2. The van der Waals surface area contributed by atoms with Crippen LogP contribution in [0.25, 0.3) is 0 Å². The normalized spacial score (nSPS) is 10.7. The van der Waals surface area contributed by atoms with Crippen LogP contribution in [0, 0.1) is 0 Å². The highest BCUT2D eigenvalue weighted by Gasteiger charge is 2.08. The molecule has 0 saturated carbocycles. The van der Waals surface area contributed by atoms with Gasteiger partial charge < -0.3 is 9.47 Å². The highest BCUT2D eigenvalue weighted by atomic mass is 79.9. The Hall–Kier alpha value is -0.450. The first kappa shape index (κ1) is 9.64. The molecule has 1 aromatic heterocycles. The van der Waals surface area contributed by atoms with Gasteiger partial charge in [0.05, 0.1) is 0 Å². The quantitative estimate of drug-likeness (QED) is 0.591. The van der Waals surface area contributed by atoms with Crippen molar-refractivity contribution in [2.24, 2.45) is 0 Å². The Bertz CT molecular complexity index is 251. The zero-order chi connectivity index (χ0) is 8.97. The molecule has 0 radical (unpaired) electrons. The predicted molar refractivity (Wildman–Crippen MR) is 48.7 cm³/mol. The van der Waals surface area contributed by atoms with Gasteiger partial charge in [0.25, 0.3) is 0 Å². The van der Waals surface area contributed by atoms with Crippen LogP contribution in [0.4, 0.5) is 0 Å². The monoisotopic (exact) mass is 231 g/mol. The third-order valence-corrected chi connectivity index (χ3v) is 1.88. The van der Waals surface area contributed by atoms with Crippen LogP contribution < -0.4 is 0 Å². The van der Waals surface area contributed by atoms with E-state index in [9.17, 15) is 0 Å². The summed E-state index contributed by atoms with van der Waals surface area (Å²) in [5.41, 5.74) is 0.946. The largest absolute Gasteiger partial charge is 0.352 e. The summed E-state index contributed by atoms with van der Waals surface area (Å²) >= 11 is 3.27. The lowest BCUT2D eigenvalue weighted by Crippen LogP contribution is -2.03. The maximum absolute atomic E-state index is 5.07. The summed E-state index contributed by atoms with van der Waals surface area (Å²) in [7, 11) is 3.20. The predicted octanol–water partition coefficient (Wildman–Crippen LogP) is 2.14. The van der Waals surface area contributed by atoms with Gasteiger partial charge in [-0.25, -0.2) is 4.98 Å². The molecule has 0 amide bonds. The molecule has 0 fully saturated rings. The molecule has 1 heterocycles. The molecule has 0 spiro atoms.